The van der Waals surface area contributed by atoms with Gasteiger partial charge in [0.15, 0.2) is 0 Å². The molecule has 0 aromatic carbocycles. The molecule has 0 spiro atoms. The van der Waals surface area contributed by atoms with Crippen molar-refractivity contribution in [2.24, 2.45) is 0 Å². The lowest BCUT2D eigenvalue weighted by Crippen LogP contribution is -1.94. The summed E-state index contributed by atoms with van der Waals surface area (Å²) in [6, 6.07) is 1.88. The Labute approximate surface area is 126 Å². The van der Waals surface area contributed by atoms with Crippen LogP contribution >= 0.6 is 15.9 Å². The van der Waals surface area contributed by atoms with Crippen LogP contribution in [0.15, 0.2) is 16.9 Å². The third-order valence-electron chi connectivity index (χ3n) is 3.43. The van der Waals surface area contributed by atoms with Crippen LogP contribution in [0.1, 0.15) is 77.0 Å². The lowest BCUT2D eigenvalue weighted by molar-refractivity contribution is 0.554. The van der Waals surface area contributed by atoms with E-state index in [1.54, 1.807) is 0 Å². The smallest absolute Gasteiger partial charge is 0.129 e. The zero-order valence-corrected chi connectivity index (χ0v) is 13.8. The van der Waals surface area contributed by atoms with Gasteiger partial charge in [-0.1, -0.05) is 64.7 Å². The van der Waals surface area contributed by atoms with Crippen molar-refractivity contribution in [1.82, 2.24) is 9.97 Å². The molecule has 0 N–H and O–H groups in total. The van der Waals surface area contributed by atoms with E-state index in [9.17, 15) is 0 Å². The molecular formula is C16H27BrN2. The quantitative estimate of drug-likeness (QED) is 0.385. The lowest BCUT2D eigenvalue weighted by atomic mass is 10.1. The molecule has 1 aromatic rings. The second-order valence-corrected chi connectivity index (χ2v) is 6.04. The highest BCUT2D eigenvalue weighted by atomic mass is 79.9. The molecule has 0 saturated carbocycles. The summed E-state index contributed by atoms with van der Waals surface area (Å²) in [5.74, 6) is 0.967. The van der Waals surface area contributed by atoms with Crippen LogP contribution in [0.25, 0.3) is 0 Å². The van der Waals surface area contributed by atoms with Gasteiger partial charge in [-0.3, -0.25) is 0 Å². The molecule has 1 rings (SSSR count). The first kappa shape index (κ1) is 16.6. The number of aryl methyl sites for hydroxylation is 1. The second kappa shape index (κ2) is 11.4. The van der Waals surface area contributed by atoms with E-state index in [1.807, 2.05) is 12.3 Å². The zero-order chi connectivity index (χ0) is 13.8. The summed E-state index contributed by atoms with van der Waals surface area (Å²) in [6.45, 7) is 2.27. The first-order valence-electron chi connectivity index (χ1n) is 7.80. The Morgan fingerprint density at radius 2 is 1.47 bits per heavy atom. The van der Waals surface area contributed by atoms with Crippen LogP contribution in [0.2, 0.25) is 0 Å². The number of rotatable bonds is 11. The number of nitrogens with zero attached hydrogens (tertiary/aromatic N) is 2. The summed E-state index contributed by atoms with van der Waals surface area (Å²) in [5, 5.41) is 0. The van der Waals surface area contributed by atoms with Gasteiger partial charge in [0.25, 0.3) is 0 Å². The normalized spacial score (nSPS) is 10.8. The summed E-state index contributed by atoms with van der Waals surface area (Å²) in [6.07, 6.45) is 16.6. The van der Waals surface area contributed by atoms with Crippen molar-refractivity contribution < 1.29 is 0 Å². The van der Waals surface area contributed by atoms with Gasteiger partial charge in [0.2, 0.25) is 0 Å². The Morgan fingerprint density at radius 3 is 2.05 bits per heavy atom. The number of unbranched alkanes of at least 4 members (excludes halogenated alkanes) is 9. The summed E-state index contributed by atoms with van der Waals surface area (Å²) in [5.41, 5.74) is 0. The Kier molecular flexibility index (Phi) is 9.96. The molecule has 108 valence electrons. The van der Waals surface area contributed by atoms with Gasteiger partial charge >= 0.3 is 0 Å². The minimum atomic E-state index is 0.893. The number of hydrogen-bond donors (Lipinski definition) is 0. The van der Waals surface area contributed by atoms with Crippen LogP contribution in [0.5, 0.6) is 0 Å². The van der Waals surface area contributed by atoms with Gasteiger partial charge in [-0.05, 0) is 28.4 Å². The van der Waals surface area contributed by atoms with Crippen molar-refractivity contribution >= 4 is 15.9 Å². The van der Waals surface area contributed by atoms with Gasteiger partial charge in [0, 0.05) is 12.6 Å². The topological polar surface area (TPSA) is 25.8 Å². The van der Waals surface area contributed by atoms with Crippen molar-refractivity contribution in [3.8, 4) is 0 Å². The van der Waals surface area contributed by atoms with E-state index in [2.05, 4.69) is 32.8 Å². The molecule has 1 aromatic heterocycles. The fourth-order valence-electron chi connectivity index (χ4n) is 2.27. The van der Waals surface area contributed by atoms with Crippen LogP contribution in [-0.4, -0.2) is 9.97 Å². The Balaban J connectivity index is 1.89. The van der Waals surface area contributed by atoms with Gasteiger partial charge in [-0.15, -0.1) is 0 Å². The van der Waals surface area contributed by atoms with E-state index in [0.717, 1.165) is 16.8 Å². The standard InChI is InChI=1S/C16H27BrN2/c1-2-3-4-5-6-7-8-9-10-11-12-16-18-14-13-15(17)19-16/h13-14H,2-12H2,1H3. The average molecular weight is 327 g/mol. The highest BCUT2D eigenvalue weighted by Crippen LogP contribution is 2.12. The van der Waals surface area contributed by atoms with Crippen molar-refractivity contribution in [3.63, 3.8) is 0 Å². The first-order valence-corrected chi connectivity index (χ1v) is 8.59. The molecule has 0 saturated heterocycles. The fourth-order valence-corrected chi connectivity index (χ4v) is 2.59. The SMILES string of the molecule is CCCCCCCCCCCCc1nccc(Br)n1. The molecule has 3 heteroatoms. The molecule has 0 aliphatic heterocycles. The van der Waals surface area contributed by atoms with Crippen molar-refractivity contribution in [1.29, 1.82) is 0 Å². The second-order valence-electron chi connectivity index (χ2n) is 5.23. The minimum Gasteiger partial charge on any atom is -0.241 e. The van der Waals surface area contributed by atoms with Gasteiger partial charge in [-0.2, -0.15) is 0 Å². The van der Waals surface area contributed by atoms with Gasteiger partial charge < -0.3 is 0 Å². The predicted molar refractivity (Wildman–Crippen MR) is 85.3 cm³/mol. The first-order chi connectivity index (χ1) is 9.33. The van der Waals surface area contributed by atoms with E-state index in [0.29, 0.717) is 0 Å². The van der Waals surface area contributed by atoms with E-state index >= 15 is 0 Å². The fraction of sp³-hybridized carbons (Fsp3) is 0.750. The van der Waals surface area contributed by atoms with Crippen LogP contribution in [-0.2, 0) is 6.42 Å². The van der Waals surface area contributed by atoms with Gasteiger partial charge in [0.05, 0.1) is 0 Å². The van der Waals surface area contributed by atoms with E-state index in [4.69, 9.17) is 0 Å². The summed E-state index contributed by atoms with van der Waals surface area (Å²) < 4.78 is 0.893. The number of hydrogen-bond acceptors (Lipinski definition) is 2. The van der Waals surface area contributed by atoms with E-state index in [-0.39, 0.29) is 0 Å². The maximum Gasteiger partial charge on any atom is 0.129 e. The Morgan fingerprint density at radius 1 is 0.895 bits per heavy atom. The lowest BCUT2D eigenvalue weighted by Gasteiger charge is -2.02. The zero-order valence-electron chi connectivity index (χ0n) is 12.2. The average Bonchev–Trinajstić information content (AvgIpc) is 2.41. The highest BCUT2D eigenvalue weighted by molar-refractivity contribution is 9.10. The van der Waals surface area contributed by atoms with Crippen molar-refractivity contribution in [3.05, 3.63) is 22.7 Å². The maximum atomic E-state index is 4.35. The van der Waals surface area contributed by atoms with Crippen LogP contribution in [0, 0.1) is 0 Å². The van der Waals surface area contributed by atoms with E-state index < -0.39 is 0 Å². The van der Waals surface area contributed by atoms with Gasteiger partial charge in [-0.25, -0.2) is 9.97 Å². The summed E-state index contributed by atoms with van der Waals surface area (Å²) >= 11 is 3.38. The molecule has 0 fully saturated rings. The number of aromatic nitrogens is 2. The molecule has 0 radical (unpaired) electrons. The Hall–Kier alpha value is -0.440. The third kappa shape index (κ3) is 9.15. The Bertz CT molecular complexity index is 328. The molecule has 0 aliphatic carbocycles. The molecule has 0 atom stereocenters. The third-order valence-corrected chi connectivity index (χ3v) is 3.87. The largest absolute Gasteiger partial charge is 0.241 e. The van der Waals surface area contributed by atoms with Crippen LogP contribution in [0.4, 0.5) is 0 Å². The van der Waals surface area contributed by atoms with Gasteiger partial charge in [0.1, 0.15) is 10.4 Å². The summed E-state index contributed by atoms with van der Waals surface area (Å²) in [7, 11) is 0. The minimum absolute atomic E-state index is 0.893. The molecule has 19 heavy (non-hydrogen) atoms. The van der Waals surface area contributed by atoms with Crippen LogP contribution in [0.3, 0.4) is 0 Å². The highest BCUT2D eigenvalue weighted by Gasteiger charge is 1.98. The monoisotopic (exact) mass is 326 g/mol. The molecule has 1 heterocycles. The molecule has 0 unspecified atom stereocenters. The maximum absolute atomic E-state index is 4.35. The van der Waals surface area contributed by atoms with Crippen molar-refractivity contribution in [2.75, 3.05) is 0 Å². The summed E-state index contributed by atoms with van der Waals surface area (Å²) in [4.78, 5) is 8.63. The number of halogens is 1. The molecule has 2 nitrogen and oxygen atoms in total. The molecule has 0 bridgehead atoms. The van der Waals surface area contributed by atoms with E-state index in [1.165, 1.54) is 64.2 Å². The molecule has 0 amide bonds. The predicted octanol–water partition coefficient (Wildman–Crippen LogP) is 5.70. The van der Waals surface area contributed by atoms with Crippen LogP contribution < -0.4 is 0 Å². The van der Waals surface area contributed by atoms with Crippen molar-refractivity contribution in [2.45, 2.75) is 77.6 Å². The molecule has 0 aliphatic rings. The molecular weight excluding hydrogens is 300 g/mol.